The van der Waals surface area contributed by atoms with Gasteiger partial charge in [-0.15, -0.1) is 5.10 Å². The fraction of sp³-hybridized carbons (Fsp3) is 0.545. The molecule has 2 aliphatic carbocycles. The normalized spacial score (nSPS) is 28.9. The lowest BCUT2D eigenvalue weighted by Gasteiger charge is -2.16. The molecule has 33 heavy (non-hydrogen) atoms. The summed E-state index contributed by atoms with van der Waals surface area (Å²) in [5.41, 5.74) is 2.20. The van der Waals surface area contributed by atoms with Crippen LogP contribution in [0.5, 0.6) is 5.75 Å². The smallest absolute Gasteiger partial charge is 0.191 e. The zero-order valence-corrected chi connectivity index (χ0v) is 19.3. The molecular weight excluding hydrogens is 444 g/mol. The van der Waals surface area contributed by atoms with Gasteiger partial charge in [0.2, 0.25) is 0 Å². The fourth-order valence-electron chi connectivity index (χ4n) is 4.39. The summed E-state index contributed by atoms with van der Waals surface area (Å²) in [7, 11) is 1.66. The molecule has 0 aliphatic heterocycles. The number of nitrogens with zero attached hydrogens (tertiary/aromatic N) is 5. The predicted octanol–water partition coefficient (Wildman–Crippen LogP) is 1.73. The molecule has 2 aliphatic rings. The van der Waals surface area contributed by atoms with E-state index in [1.165, 1.54) is 10.2 Å². The van der Waals surface area contributed by atoms with Crippen molar-refractivity contribution >= 4 is 28.7 Å². The first-order chi connectivity index (χ1) is 16.0. The molecule has 0 bridgehead atoms. The molecule has 1 aromatic carbocycles. The Bertz CT molecular complexity index is 1140. The lowest BCUT2D eigenvalue weighted by Crippen LogP contribution is -2.31. The van der Waals surface area contributed by atoms with Crippen LogP contribution in [0.1, 0.15) is 43.7 Å². The number of methoxy groups -OCH3 is 1. The quantitative estimate of drug-likeness (QED) is 0.283. The van der Waals surface area contributed by atoms with E-state index in [0.29, 0.717) is 28.1 Å². The van der Waals surface area contributed by atoms with Crippen molar-refractivity contribution < 1.29 is 20.1 Å². The summed E-state index contributed by atoms with van der Waals surface area (Å²) in [6, 6.07) is 7.67. The van der Waals surface area contributed by atoms with Crippen molar-refractivity contribution in [2.24, 2.45) is 0 Å². The van der Waals surface area contributed by atoms with E-state index < -0.39 is 24.4 Å². The SMILES string of the molecule is CCCSc1nc(NC2CC2c2cccc(OC)c2)c2nnn(C3CC(O)C(O)C3O)c2n1. The Morgan fingerprint density at radius 1 is 1.18 bits per heavy atom. The van der Waals surface area contributed by atoms with Crippen LogP contribution in [0, 0.1) is 0 Å². The summed E-state index contributed by atoms with van der Waals surface area (Å²) >= 11 is 1.55. The lowest BCUT2D eigenvalue weighted by molar-refractivity contribution is -0.0253. The average Bonchev–Trinajstić information content (AvgIpc) is 3.40. The molecule has 0 amide bonds. The summed E-state index contributed by atoms with van der Waals surface area (Å²) in [5, 5.41) is 43.1. The number of anilines is 1. The maximum Gasteiger partial charge on any atom is 0.191 e. The van der Waals surface area contributed by atoms with E-state index in [4.69, 9.17) is 9.72 Å². The molecule has 5 rings (SSSR count). The van der Waals surface area contributed by atoms with Gasteiger partial charge in [-0.3, -0.25) is 0 Å². The van der Waals surface area contributed by atoms with Crippen LogP contribution in [0.25, 0.3) is 11.2 Å². The molecular formula is C22H28N6O4S. The number of aliphatic hydroxyl groups is 3. The van der Waals surface area contributed by atoms with Crippen LogP contribution in [-0.4, -0.2) is 77.5 Å². The molecule has 10 nitrogen and oxygen atoms in total. The summed E-state index contributed by atoms with van der Waals surface area (Å²) in [4.78, 5) is 9.36. The molecule has 2 fully saturated rings. The maximum absolute atomic E-state index is 10.4. The number of nitrogens with one attached hydrogen (secondary N) is 1. The molecule has 2 aromatic heterocycles. The number of aromatic nitrogens is 5. The highest BCUT2D eigenvalue weighted by Gasteiger charge is 2.44. The molecule has 0 saturated heterocycles. The van der Waals surface area contributed by atoms with Gasteiger partial charge >= 0.3 is 0 Å². The van der Waals surface area contributed by atoms with Crippen LogP contribution in [-0.2, 0) is 0 Å². The summed E-state index contributed by atoms with van der Waals surface area (Å²) in [5.74, 6) is 2.65. The second-order valence-electron chi connectivity index (χ2n) is 8.63. The third kappa shape index (κ3) is 4.25. The highest BCUT2D eigenvalue weighted by molar-refractivity contribution is 7.99. The van der Waals surface area contributed by atoms with Gasteiger partial charge in [0.05, 0.1) is 19.3 Å². The highest BCUT2D eigenvalue weighted by atomic mass is 32.2. The zero-order valence-electron chi connectivity index (χ0n) is 18.5. The number of thioether (sulfide) groups is 1. The van der Waals surface area contributed by atoms with Crippen LogP contribution < -0.4 is 10.1 Å². The summed E-state index contributed by atoms with van der Waals surface area (Å²) in [6.45, 7) is 2.09. The molecule has 4 N–H and O–H groups in total. The Morgan fingerprint density at radius 2 is 2.03 bits per heavy atom. The van der Waals surface area contributed by atoms with Crippen LogP contribution >= 0.6 is 11.8 Å². The molecule has 0 spiro atoms. The molecule has 6 atom stereocenters. The average molecular weight is 473 g/mol. The molecule has 176 valence electrons. The number of fused-ring (bicyclic) bond motifs is 1. The topological polar surface area (TPSA) is 138 Å². The molecule has 3 aromatic rings. The van der Waals surface area contributed by atoms with E-state index in [2.05, 4.69) is 39.7 Å². The number of aliphatic hydroxyl groups excluding tert-OH is 3. The van der Waals surface area contributed by atoms with Gasteiger partial charge < -0.3 is 25.4 Å². The molecule has 2 saturated carbocycles. The van der Waals surface area contributed by atoms with E-state index >= 15 is 0 Å². The van der Waals surface area contributed by atoms with E-state index in [1.54, 1.807) is 18.9 Å². The molecule has 2 heterocycles. The number of benzene rings is 1. The second-order valence-corrected chi connectivity index (χ2v) is 9.69. The Kier molecular flexibility index (Phi) is 6.12. The van der Waals surface area contributed by atoms with Crippen molar-refractivity contribution in [3.63, 3.8) is 0 Å². The number of hydrogen-bond acceptors (Lipinski definition) is 10. The maximum atomic E-state index is 10.4. The Labute approximate surface area is 195 Å². The minimum atomic E-state index is -1.22. The van der Waals surface area contributed by atoms with E-state index in [0.717, 1.165) is 24.3 Å². The van der Waals surface area contributed by atoms with Gasteiger partial charge in [0.25, 0.3) is 0 Å². The van der Waals surface area contributed by atoms with Gasteiger partial charge in [0.1, 0.15) is 18.0 Å². The third-order valence-electron chi connectivity index (χ3n) is 6.31. The largest absolute Gasteiger partial charge is 0.497 e. The van der Waals surface area contributed by atoms with Crippen LogP contribution in [0.2, 0.25) is 0 Å². The van der Waals surface area contributed by atoms with Gasteiger partial charge in [-0.25, -0.2) is 14.6 Å². The monoisotopic (exact) mass is 472 g/mol. The second kappa shape index (κ2) is 9.05. The van der Waals surface area contributed by atoms with Crippen molar-refractivity contribution in [1.29, 1.82) is 0 Å². The zero-order chi connectivity index (χ0) is 23.1. The van der Waals surface area contributed by atoms with Crippen LogP contribution in [0.4, 0.5) is 5.82 Å². The highest BCUT2D eigenvalue weighted by Crippen LogP contribution is 2.44. The van der Waals surface area contributed by atoms with E-state index in [9.17, 15) is 15.3 Å². The Hall–Kier alpha value is -2.47. The molecule has 0 radical (unpaired) electrons. The first kappa shape index (κ1) is 22.3. The summed E-state index contributed by atoms with van der Waals surface area (Å²) in [6.07, 6.45) is -1.28. The van der Waals surface area contributed by atoms with Crippen LogP contribution in [0.15, 0.2) is 29.4 Å². The van der Waals surface area contributed by atoms with E-state index in [-0.39, 0.29) is 12.5 Å². The van der Waals surface area contributed by atoms with Crippen molar-refractivity contribution in [2.45, 2.75) is 67.7 Å². The number of hydrogen-bond donors (Lipinski definition) is 4. The fourth-order valence-corrected chi connectivity index (χ4v) is 5.08. The van der Waals surface area contributed by atoms with Crippen molar-refractivity contribution in [3.8, 4) is 5.75 Å². The van der Waals surface area contributed by atoms with Crippen LogP contribution in [0.3, 0.4) is 0 Å². The van der Waals surface area contributed by atoms with Gasteiger partial charge in [-0.1, -0.05) is 36.0 Å². The van der Waals surface area contributed by atoms with Gasteiger partial charge in [0.15, 0.2) is 22.1 Å². The minimum Gasteiger partial charge on any atom is -0.497 e. The lowest BCUT2D eigenvalue weighted by atomic mass is 10.1. The van der Waals surface area contributed by atoms with Gasteiger partial charge in [0, 0.05) is 24.1 Å². The Balaban J connectivity index is 1.45. The van der Waals surface area contributed by atoms with Crippen molar-refractivity contribution in [2.75, 3.05) is 18.2 Å². The molecule has 6 unspecified atom stereocenters. The van der Waals surface area contributed by atoms with E-state index in [1.807, 2.05) is 12.1 Å². The standard InChI is InChI=1S/C22H28N6O4S/c1-3-7-33-22-24-20(23-14-9-13(14)11-5-4-6-12(8-11)32-2)17-21(25-22)28(27-26-17)15-10-16(29)19(31)18(15)30/h4-6,8,13-16,18-19,29-31H,3,7,9-10H2,1-2H3,(H,23,24,25). The minimum absolute atomic E-state index is 0.172. The Morgan fingerprint density at radius 3 is 2.76 bits per heavy atom. The van der Waals surface area contributed by atoms with Gasteiger partial charge in [-0.05, 0) is 30.5 Å². The predicted molar refractivity (Wildman–Crippen MR) is 124 cm³/mol. The van der Waals surface area contributed by atoms with Crippen molar-refractivity contribution in [3.05, 3.63) is 29.8 Å². The first-order valence-electron chi connectivity index (χ1n) is 11.2. The summed E-state index contributed by atoms with van der Waals surface area (Å²) < 4.78 is 6.86. The molecule has 11 heteroatoms. The number of ether oxygens (including phenoxy) is 1. The van der Waals surface area contributed by atoms with Gasteiger partial charge in [-0.2, -0.15) is 0 Å². The number of rotatable bonds is 8. The first-order valence-corrected chi connectivity index (χ1v) is 12.2. The van der Waals surface area contributed by atoms with Crippen molar-refractivity contribution in [1.82, 2.24) is 25.0 Å². The third-order valence-corrected chi connectivity index (χ3v) is 7.36.